The van der Waals surface area contributed by atoms with Crippen molar-refractivity contribution in [1.29, 1.82) is 0 Å². The lowest BCUT2D eigenvalue weighted by atomic mass is 10.3. The molecular formula is C13H23N5O. The fourth-order valence-electron chi connectivity index (χ4n) is 1.61. The number of anilines is 2. The molecule has 0 saturated carbocycles. The summed E-state index contributed by atoms with van der Waals surface area (Å²) < 4.78 is 0. The molecule has 0 atom stereocenters. The summed E-state index contributed by atoms with van der Waals surface area (Å²) in [5.74, 6) is 2.41. The van der Waals surface area contributed by atoms with Gasteiger partial charge in [-0.05, 0) is 13.8 Å². The maximum absolute atomic E-state index is 11.3. The zero-order chi connectivity index (χ0) is 14.1. The van der Waals surface area contributed by atoms with Gasteiger partial charge < -0.3 is 16.0 Å². The molecule has 0 aliphatic heterocycles. The van der Waals surface area contributed by atoms with Crippen molar-refractivity contribution in [3.05, 3.63) is 11.9 Å². The van der Waals surface area contributed by atoms with Crippen molar-refractivity contribution < 1.29 is 4.79 Å². The van der Waals surface area contributed by atoms with Crippen molar-refractivity contribution in [3.8, 4) is 0 Å². The molecule has 0 aliphatic carbocycles. The van der Waals surface area contributed by atoms with Crippen LogP contribution in [-0.4, -0.2) is 35.5 Å². The van der Waals surface area contributed by atoms with Crippen molar-refractivity contribution in [2.45, 2.75) is 33.6 Å². The van der Waals surface area contributed by atoms with Crippen LogP contribution in [0.1, 0.15) is 33.0 Å². The Morgan fingerprint density at radius 1 is 1.11 bits per heavy atom. The fraction of sp³-hybridized carbons (Fsp3) is 0.615. The minimum atomic E-state index is 0.0478. The van der Waals surface area contributed by atoms with E-state index >= 15 is 0 Å². The summed E-state index contributed by atoms with van der Waals surface area (Å²) in [4.78, 5) is 20.1. The topological polar surface area (TPSA) is 78.9 Å². The maximum Gasteiger partial charge on any atom is 0.221 e. The van der Waals surface area contributed by atoms with Crippen molar-refractivity contribution in [3.63, 3.8) is 0 Å². The lowest BCUT2D eigenvalue weighted by Crippen LogP contribution is -2.25. The van der Waals surface area contributed by atoms with E-state index in [4.69, 9.17) is 0 Å². The standard InChI is InChI=1S/C13H23N5O/c1-4-10-17-11(14-5-2)9-12(18-10)16-8-7-13(19)15-6-3/h9H,4-8H2,1-3H3,(H,15,19)(H2,14,16,17,18). The van der Waals surface area contributed by atoms with Gasteiger partial charge in [-0.3, -0.25) is 4.79 Å². The molecule has 0 radical (unpaired) electrons. The summed E-state index contributed by atoms with van der Waals surface area (Å²) in [5.41, 5.74) is 0. The zero-order valence-electron chi connectivity index (χ0n) is 11.9. The SMILES string of the molecule is CCNC(=O)CCNc1cc(NCC)nc(CC)n1. The zero-order valence-corrected chi connectivity index (χ0v) is 11.9. The van der Waals surface area contributed by atoms with E-state index in [1.807, 2.05) is 26.8 Å². The first kappa shape index (κ1) is 15.2. The molecule has 0 aromatic carbocycles. The number of hydrogen-bond acceptors (Lipinski definition) is 5. The van der Waals surface area contributed by atoms with Gasteiger partial charge in [-0.15, -0.1) is 0 Å². The molecule has 3 N–H and O–H groups in total. The molecule has 19 heavy (non-hydrogen) atoms. The fourth-order valence-corrected chi connectivity index (χ4v) is 1.61. The summed E-state index contributed by atoms with van der Waals surface area (Å²) in [7, 11) is 0. The van der Waals surface area contributed by atoms with E-state index in [-0.39, 0.29) is 5.91 Å². The van der Waals surface area contributed by atoms with Crippen molar-refractivity contribution in [2.75, 3.05) is 30.3 Å². The van der Waals surface area contributed by atoms with E-state index in [9.17, 15) is 4.79 Å². The third kappa shape index (κ3) is 5.54. The van der Waals surface area contributed by atoms with Crippen LogP contribution in [0.3, 0.4) is 0 Å². The highest BCUT2D eigenvalue weighted by Crippen LogP contribution is 2.11. The smallest absolute Gasteiger partial charge is 0.221 e. The average molecular weight is 265 g/mol. The predicted molar refractivity (Wildman–Crippen MR) is 77.4 cm³/mol. The van der Waals surface area contributed by atoms with Crippen molar-refractivity contribution in [1.82, 2.24) is 15.3 Å². The number of aromatic nitrogens is 2. The number of carbonyl (C=O) groups is 1. The lowest BCUT2D eigenvalue weighted by molar-refractivity contribution is -0.120. The summed E-state index contributed by atoms with van der Waals surface area (Å²) in [6.45, 7) is 8.00. The van der Waals surface area contributed by atoms with E-state index in [0.29, 0.717) is 19.5 Å². The molecule has 1 aromatic heterocycles. The van der Waals surface area contributed by atoms with Crippen LogP contribution in [0.25, 0.3) is 0 Å². The number of nitrogens with one attached hydrogen (secondary N) is 3. The number of hydrogen-bond donors (Lipinski definition) is 3. The van der Waals surface area contributed by atoms with E-state index in [1.165, 1.54) is 0 Å². The Labute approximate surface area is 114 Å². The largest absolute Gasteiger partial charge is 0.370 e. The third-order valence-corrected chi connectivity index (χ3v) is 2.48. The first-order valence-electron chi connectivity index (χ1n) is 6.81. The van der Waals surface area contributed by atoms with Gasteiger partial charge in [0.15, 0.2) is 0 Å². The highest BCUT2D eigenvalue weighted by atomic mass is 16.1. The van der Waals surface area contributed by atoms with E-state index in [1.54, 1.807) is 0 Å². The minimum absolute atomic E-state index is 0.0478. The van der Waals surface area contributed by atoms with Crippen LogP contribution in [0.2, 0.25) is 0 Å². The lowest BCUT2D eigenvalue weighted by Gasteiger charge is -2.10. The molecule has 0 bridgehead atoms. The highest BCUT2D eigenvalue weighted by Gasteiger charge is 2.04. The Kier molecular flexibility index (Phi) is 6.63. The van der Waals surface area contributed by atoms with Gasteiger partial charge in [0, 0.05) is 38.5 Å². The van der Waals surface area contributed by atoms with Crippen LogP contribution in [0, 0.1) is 0 Å². The molecule has 1 amide bonds. The molecule has 6 heteroatoms. The number of amides is 1. The second-order valence-corrected chi connectivity index (χ2v) is 4.07. The summed E-state index contributed by atoms with van der Waals surface area (Å²) in [6, 6.07) is 1.86. The maximum atomic E-state index is 11.3. The Hall–Kier alpha value is -1.85. The van der Waals surface area contributed by atoms with Crippen LogP contribution in [0.5, 0.6) is 0 Å². The van der Waals surface area contributed by atoms with Gasteiger partial charge in [-0.2, -0.15) is 0 Å². The molecule has 1 rings (SSSR count). The number of aryl methyl sites for hydroxylation is 1. The van der Waals surface area contributed by atoms with Crippen LogP contribution >= 0.6 is 0 Å². The van der Waals surface area contributed by atoms with Gasteiger partial charge in [0.2, 0.25) is 5.91 Å². The second kappa shape index (κ2) is 8.29. The molecule has 0 unspecified atom stereocenters. The molecule has 0 aliphatic rings. The van der Waals surface area contributed by atoms with E-state index in [0.717, 1.165) is 30.4 Å². The first-order chi connectivity index (χ1) is 9.19. The Morgan fingerprint density at radius 2 is 1.79 bits per heavy atom. The van der Waals surface area contributed by atoms with Gasteiger partial charge in [0.25, 0.3) is 0 Å². The normalized spacial score (nSPS) is 10.1. The highest BCUT2D eigenvalue weighted by molar-refractivity contribution is 5.76. The molecule has 0 saturated heterocycles. The van der Waals surface area contributed by atoms with Gasteiger partial charge >= 0.3 is 0 Å². The number of rotatable bonds is 8. The second-order valence-electron chi connectivity index (χ2n) is 4.07. The Bertz CT molecular complexity index is 408. The molecular weight excluding hydrogens is 242 g/mol. The molecule has 1 heterocycles. The van der Waals surface area contributed by atoms with Gasteiger partial charge in [0.05, 0.1) is 0 Å². The molecule has 106 valence electrons. The Morgan fingerprint density at radius 3 is 2.37 bits per heavy atom. The van der Waals surface area contributed by atoms with Crippen molar-refractivity contribution in [2.24, 2.45) is 0 Å². The van der Waals surface area contributed by atoms with Crippen LogP contribution in [0.15, 0.2) is 6.07 Å². The van der Waals surface area contributed by atoms with Crippen LogP contribution in [0.4, 0.5) is 11.6 Å². The van der Waals surface area contributed by atoms with E-state index < -0.39 is 0 Å². The molecule has 6 nitrogen and oxygen atoms in total. The third-order valence-electron chi connectivity index (χ3n) is 2.48. The van der Waals surface area contributed by atoms with Crippen LogP contribution in [-0.2, 0) is 11.2 Å². The number of carbonyl (C=O) groups excluding carboxylic acids is 1. The predicted octanol–water partition coefficient (Wildman–Crippen LogP) is 1.41. The summed E-state index contributed by atoms with van der Waals surface area (Å²) in [5, 5.41) is 9.09. The van der Waals surface area contributed by atoms with Gasteiger partial charge in [-0.1, -0.05) is 6.92 Å². The quantitative estimate of drug-likeness (QED) is 0.662. The van der Waals surface area contributed by atoms with E-state index in [2.05, 4.69) is 25.9 Å². The van der Waals surface area contributed by atoms with Crippen LogP contribution < -0.4 is 16.0 Å². The minimum Gasteiger partial charge on any atom is -0.370 e. The molecule has 1 aromatic rings. The number of nitrogens with zero attached hydrogens (tertiary/aromatic N) is 2. The summed E-state index contributed by atoms with van der Waals surface area (Å²) >= 11 is 0. The Balaban J connectivity index is 2.56. The monoisotopic (exact) mass is 265 g/mol. The van der Waals surface area contributed by atoms with Gasteiger partial charge in [-0.25, -0.2) is 9.97 Å². The van der Waals surface area contributed by atoms with Crippen molar-refractivity contribution >= 4 is 17.5 Å². The average Bonchev–Trinajstić information content (AvgIpc) is 2.39. The first-order valence-corrected chi connectivity index (χ1v) is 6.81. The molecule has 0 fully saturated rings. The molecule has 0 spiro atoms. The summed E-state index contributed by atoms with van der Waals surface area (Å²) in [6.07, 6.45) is 1.22. The van der Waals surface area contributed by atoms with Gasteiger partial charge in [0.1, 0.15) is 17.5 Å².